The van der Waals surface area contributed by atoms with Gasteiger partial charge in [0.2, 0.25) is 5.82 Å². The lowest BCUT2D eigenvalue weighted by molar-refractivity contribution is 0.584. The van der Waals surface area contributed by atoms with Crippen LogP contribution in [0.15, 0.2) is 27.8 Å². The molecule has 0 atom stereocenters. The molecule has 94 valence electrons. The molecule has 4 nitrogen and oxygen atoms in total. The Morgan fingerprint density at radius 2 is 1.83 bits per heavy atom. The van der Waals surface area contributed by atoms with Crippen molar-refractivity contribution in [1.82, 2.24) is 9.55 Å². The molecule has 18 heavy (non-hydrogen) atoms. The van der Waals surface area contributed by atoms with E-state index in [4.69, 9.17) is 34.8 Å². The standard InChI is InChI=1S/C10H4Cl3FN2O2/c11-4-1-2-5(12)6(3-4)16-9(17)7(14)8(13)15-10(16)18/h1-3H,(H,15,18). The molecular weight excluding hydrogens is 305 g/mol. The van der Waals surface area contributed by atoms with Crippen molar-refractivity contribution >= 4 is 34.8 Å². The van der Waals surface area contributed by atoms with Gasteiger partial charge in [-0.3, -0.25) is 9.78 Å². The largest absolute Gasteiger partial charge is 0.334 e. The second kappa shape index (κ2) is 4.76. The zero-order valence-electron chi connectivity index (χ0n) is 8.51. The third kappa shape index (κ3) is 2.16. The first-order chi connectivity index (χ1) is 8.41. The van der Waals surface area contributed by atoms with Crippen LogP contribution in [0.5, 0.6) is 0 Å². The van der Waals surface area contributed by atoms with Crippen molar-refractivity contribution in [1.29, 1.82) is 0 Å². The van der Waals surface area contributed by atoms with Gasteiger partial charge < -0.3 is 0 Å². The first-order valence-electron chi connectivity index (χ1n) is 4.57. The van der Waals surface area contributed by atoms with E-state index < -0.39 is 22.2 Å². The molecule has 1 heterocycles. The second-order valence-corrected chi connectivity index (χ2v) is 4.52. The van der Waals surface area contributed by atoms with E-state index in [1.807, 2.05) is 4.98 Å². The van der Waals surface area contributed by atoms with Gasteiger partial charge in [0.05, 0.1) is 10.7 Å². The highest BCUT2D eigenvalue weighted by molar-refractivity contribution is 6.34. The Morgan fingerprint density at radius 3 is 2.50 bits per heavy atom. The maximum Gasteiger partial charge on any atom is 0.334 e. The van der Waals surface area contributed by atoms with Crippen molar-refractivity contribution in [2.75, 3.05) is 0 Å². The van der Waals surface area contributed by atoms with Crippen LogP contribution in [0.4, 0.5) is 4.39 Å². The number of benzene rings is 1. The summed E-state index contributed by atoms with van der Waals surface area (Å²) in [7, 11) is 0. The van der Waals surface area contributed by atoms with Crippen LogP contribution in [0, 0.1) is 5.82 Å². The van der Waals surface area contributed by atoms with Crippen LogP contribution in [0.2, 0.25) is 15.2 Å². The number of aromatic nitrogens is 2. The zero-order valence-corrected chi connectivity index (χ0v) is 10.8. The van der Waals surface area contributed by atoms with Crippen molar-refractivity contribution < 1.29 is 4.39 Å². The second-order valence-electron chi connectivity index (χ2n) is 3.29. The van der Waals surface area contributed by atoms with Gasteiger partial charge in [-0.1, -0.05) is 34.8 Å². The number of nitrogens with one attached hydrogen (secondary N) is 1. The first-order valence-corrected chi connectivity index (χ1v) is 5.71. The van der Waals surface area contributed by atoms with Crippen molar-refractivity contribution in [2.24, 2.45) is 0 Å². The molecule has 0 aliphatic rings. The van der Waals surface area contributed by atoms with Crippen LogP contribution >= 0.6 is 34.8 Å². The Bertz CT molecular complexity index is 739. The fourth-order valence-electron chi connectivity index (χ4n) is 1.36. The highest BCUT2D eigenvalue weighted by atomic mass is 35.5. The molecule has 2 rings (SSSR count). The van der Waals surface area contributed by atoms with E-state index in [0.29, 0.717) is 4.57 Å². The Balaban J connectivity index is 2.88. The molecule has 0 bridgehead atoms. The lowest BCUT2D eigenvalue weighted by Gasteiger charge is -2.07. The fourth-order valence-corrected chi connectivity index (χ4v) is 1.89. The lowest BCUT2D eigenvalue weighted by Crippen LogP contribution is -2.36. The predicted octanol–water partition coefficient (Wildman–Crippen LogP) is 2.63. The third-order valence-corrected chi connectivity index (χ3v) is 2.97. The Morgan fingerprint density at radius 1 is 1.17 bits per heavy atom. The molecule has 0 unspecified atom stereocenters. The van der Waals surface area contributed by atoms with Crippen LogP contribution in [0.1, 0.15) is 0 Å². The maximum atomic E-state index is 13.4. The van der Waals surface area contributed by atoms with E-state index in [9.17, 15) is 14.0 Å². The molecule has 8 heteroatoms. The summed E-state index contributed by atoms with van der Waals surface area (Å²) in [6.07, 6.45) is 0. The summed E-state index contributed by atoms with van der Waals surface area (Å²) in [5.74, 6) is -1.27. The third-order valence-electron chi connectivity index (χ3n) is 2.15. The summed E-state index contributed by atoms with van der Waals surface area (Å²) in [6, 6.07) is 4.13. The van der Waals surface area contributed by atoms with E-state index in [-0.39, 0.29) is 15.7 Å². The van der Waals surface area contributed by atoms with Crippen LogP contribution in [0.25, 0.3) is 5.69 Å². The van der Waals surface area contributed by atoms with E-state index in [2.05, 4.69) is 0 Å². The van der Waals surface area contributed by atoms with E-state index >= 15 is 0 Å². The maximum absolute atomic E-state index is 13.4. The Kier molecular flexibility index (Phi) is 3.47. The van der Waals surface area contributed by atoms with Gasteiger partial charge >= 0.3 is 5.69 Å². The molecule has 0 spiro atoms. The average molecular weight is 310 g/mol. The first kappa shape index (κ1) is 13.1. The summed E-state index contributed by atoms with van der Waals surface area (Å²) in [5, 5.41) is -0.329. The number of nitrogens with zero attached hydrogens (tertiary/aromatic N) is 1. The molecule has 0 saturated carbocycles. The molecule has 0 radical (unpaired) electrons. The minimum absolute atomic E-state index is 0.0222. The molecule has 1 aromatic carbocycles. The molecule has 0 saturated heterocycles. The fraction of sp³-hybridized carbons (Fsp3) is 0. The summed E-state index contributed by atoms with van der Waals surface area (Å²) in [5.41, 5.74) is -2.13. The molecule has 0 aliphatic carbocycles. The Labute approximate surface area is 115 Å². The minimum atomic E-state index is -1.27. The lowest BCUT2D eigenvalue weighted by atomic mass is 10.3. The van der Waals surface area contributed by atoms with Crippen LogP contribution in [0.3, 0.4) is 0 Å². The number of hydrogen-bond donors (Lipinski definition) is 1. The smallest absolute Gasteiger partial charge is 0.295 e. The van der Waals surface area contributed by atoms with Crippen molar-refractivity contribution in [3.05, 3.63) is 60.1 Å². The molecule has 2 aromatic rings. The van der Waals surface area contributed by atoms with Gasteiger partial charge in [-0.25, -0.2) is 9.36 Å². The number of halogens is 4. The van der Waals surface area contributed by atoms with Gasteiger partial charge in [0, 0.05) is 5.02 Å². The molecule has 0 amide bonds. The molecule has 0 aliphatic heterocycles. The Hall–Kier alpha value is -1.30. The van der Waals surface area contributed by atoms with E-state index in [1.54, 1.807) is 0 Å². The van der Waals surface area contributed by atoms with Gasteiger partial charge in [0.15, 0.2) is 5.15 Å². The zero-order chi connectivity index (χ0) is 13.4. The number of aromatic amines is 1. The summed E-state index contributed by atoms with van der Waals surface area (Å²) in [6.45, 7) is 0. The van der Waals surface area contributed by atoms with Crippen LogP contribution < -0.4 is 11.2 Å². The highest BCUT2D eigenvalue weighted by Gasteiger charge is 2.15. The van der Waals surface area contributed by atoms with Crippen molar-refractivity contribution in [3.8, 4) is 5.69 Å². The van der Waals surface area contributed by atoms with E-state index in [0.717, 1.165) is 0 Å². The SMILES string of the molecule is O=c1[nH]c(Cl)c(F)c(=O)n1-c1cc(Cl)ccc1Cl. The monoisotopic (exact) mass is 308 g/mol. The van der Waals surface area contributed by atoms with Crippen LogP contribution in [-0.2, 0) is 0 Å². The summed E-state index contributed by atoms with van der Waals surface area (Å²) in [4.78, 5) is 25.3. The summed E-state index contributed by atoms with van der Waals surface area (Å²) < 4.78 is 13.9. The molecule has 0 fully saturated rings. The number of H-pyrrole nitrogens is 1. The highest BCUT2D eigenvalue weighted by Crippen LogP contribution is 2.22. The molecule has 1 aromatic heterocycles. The van der Waals surface area contributed by atoms with Crippen molar-refractivity contribution in [2.45, 2.75) is 0 Å². The van der Waals surface area contributed by atoms with Gasteiger partial charge in [-0.2, -0.15) is 4.39 Å². The molecular formula is C10H4Cl3FN2O2. The number of rotatable bonds is 1. The normalized spacial score (nSPS) is 10.7. The van der Waals surface area contributed by atoms with E-state index in [1.165, 1.54) is 18.2 Å². The van der Waals surface area contributed by atoms with Gasteiger partial charge in [-0.05, 0) is 18.2 Å². The van der Waals surface area contributed by atoms with Gasteiger partial charge in [0.25, 0.3) is 5.56 Å². The summed E-state index contributed by atoms with van der Waals surface area (Å²) >= 11 is 16.9. The van der Waals surface area contributed by atoms with Crippen molar-refractivity contribution in [3.63, 3.8) is 0 Å². The van der Waals surface area contributed by atoms with Gasteiger partial charge in [0.1, 0.15) is 0 Å². The molecule has 1 N–H and O–H groups in total. The van der Waals surface area contributed by atoms with Crippen LogP contribution in [-0.4, -0.2) is 9.55 Å². The number of hydrogen-bond acceptors (Lipinski definition) is 2. The quantitative estimate of drug-likeness (QED) is 0.823. The topological polar surface area (TPSA) is 54.9 Å². The minimum Gasteiger partial charge on any atom is -0.295 e. The van der Waals surface area contributed by atoms with Gasteiger partial charge in [-0.15, -0.1) is 0 Å². The predicted molar refractivity (Wildman–Crippen MR) is 67.6 cm³/mol. The average Bonchev–Trinajstić information content (AvgIpc) is 2.31.